The third kappa shape index (κ3) is 3.42. The number of hydrogen-bond donors (Lipinski definition) is 0. The molecule has 0 unspecified atom stereocenters. The third-order valence-electron chi connectivity index (χ3n) is 5.35. The first-order valence-corrected chi connectivity index (χ1v) is 9.84. The minimum atomic E-state index is -0.343. The molecule has 3 aromatic rings. The molecule has 6 heteroatoms. The van der Waals surface area contributed by atoms with Gasteiger partial charge in [-0.1, -0.05) is 36.4 Å². The van der Waals surface area contributed by atoms with Gasteiger partial charge in [0.25, 0.3) is 11.8 Å². The molecule has 0 bridgehead atoms. The molecule has 0 aliphatic carbocycles. The van der Waals surface area contributed by atoms with Crippen molar-refractivity contribution in [2.45, 2.75) is 6.54 Å². The lowest BCUT2D eigenvalue weighted by Crippen LogP contribution is -2.41. The summed E-state index contributed by atoms with van der Waals surface area (Å²) in [5, 5.41) is 0. The Morgan fingerprint density at radius 1 is 0.903 bits per heavy atom. The van der Waals surface area contributed by atoms with E-state index < -0.39 is 0 Å². The normalized spacial score (nSPS) is 15.9. The fourth-order valence-corrected chi connectivity index (χ4v) is 3.81. The van der Waals surface area contributed by atoms with Crippen LogP contribution in [0.25, 0.3) is 11.6 Å². The summed E-state index contributed by atoms with van der Waals surface area (Å²) in [6, 6.07) is 20.0. The summed E-state index contributed by atoms with van der Waals surface area (Å²) in [6.07, 6.45) is 1.79. The molecule has 0 saturated carbocycles. The van der Waals surface area contributed by atoms with Gasteiger partial charge in [0.1, 0.15) is 5.75 Å². The molecule has 0 fully saturated rings. The number of carbonyl (C=O) groups is 2. The van der Waals surface area contributed by atoms with Crippen molar-refractivity contribution >= 4 is 23.5 Å². The molecule has 5 rings (SSSR count). The Hall–Kier alpha value is -4.06. The Bertz CT molecular complexity index is 1230. The average molecular weight is 413 g/mol. The first kappa shape index (κ1) is 18.9. The van der Waals surface area contributed by atoms with Gasteiger partial charge in [0, 0.05) is 11.1 Å². The second-order valence-electron chi connectivity index (χ2n) is 7.26. The van der Waals surface area contributed by atoms with Crippen molar-refractivity contribution in [1.82, 2.24) is 4.90 Å². The Morgan fingerprint density at radius 3 is 2.55 bits per heavy atom. The van der Waals surface area contributed by atoms with E-state index >= 15 is 0 Å². The van der Waals surface area contributed by atoms with Gasteiger partial charge in [-0.25, -0.2) is 0 Å². The van der Waals surface area contributed by atoms with Gasteiger partial charge in [-0.3, -0.25) is 14.5 Å². The molecule has 0 spiro atoms. The number of nitrogens with zero attached hydrogens (tertiary/aromatic N) is 1. The quantitative estimate of drug-likeness (QED) is 0.475. The summed E-state index contributed by atoms with van der Waals surface area (Å²) >= 11 is 0. The molecule has 2 aliphatic heterocycles. The van der Waals surface area contributed by atoms with Crippen LogP contribution in [-0.4, -0.2) is 30.6 Å². The molecule has 0 aromatic heterocycles. The van der Waals surface area contributed by atoms with E-state index in [9.17, 15) is 9.59 Å². The molecule has 2 heterocycles. The number of methoxy groups -OCH3 is 1. The molecular formula is C25H19NO5. The minimum absolute atomic E-state index is 0.137. The van der Waals surface area contributed by atoms with Crippen LogP contribution in [0.5, 0.6) is 17.2 Å². The number of amides is 2. The predicted octanol–water partition coefficient (Wildman–Crippen LogP) is 4.15. The predicted molar refractivity (Wildman–Crippen MR) is 115 cm³/mol. The topological polar surface area (TPSA) is 65.1 Å². The van der Waals surface area contributed by atoms with E-state index in [1.54, 1.807) is 43.5 Å². The van der Waals surface area contributed by atoms with E-state index in [2.05, 4.69) is 0 Å². The Labute approximate surface area is 179 Å². The highest BCUT2D eigenvalue weighted by atomic mass is 16.7. The maximum Gasteiger partial charge on any atom is 0.261 e. The summed E-state index contributed by atoms with van der Waals surface area (Å²) in [5.74, 6) is 1.30. The largest absolute Gasteiger partial charge is 0.497 e. The molecule has 2 amide bonds. The van der Waals surface area contributed by atoms with Crippen LogP contribution in [0, 0.1) is 0 Å². The highest BCUT2D eigenvalue weighted by molar-refractivity contribution is 6.33. The molecule has 3 aromatic carbocycles. The summed E-state index contributed by atoms with van der Waals surface area (Å²) in [4.78, 5) is 27.9. The zero-order valence-corrected chi connectivity index (χ0v) is 16.8. The monoisotopic (exact) mass is 413 g/mol. The fourth-order valence-electron chi connectivity index (χ4n) is 3.81. The minimum Gasteiger partial charge on any atom is -0.497 e. The average Bonchev–Trinajstić information content (AvgIpc) is 3.27. The van der Waals surface area contributed by atoms with Crippen LogP contribution < -0.4 is 14.2 Å². The lowest BCUT2D eigenvalue weighted by atomic mass is 9.91. The van der Waals surface area contributed by atoms with Gasteiger partial charge in [-0.2, -0.15) is 0 Å². The van der Waals surface area contributed by atoms with Crippen molar-refractivity contribution in [1.29, 1.82) is 0 Å². The molecule has 31 heavy (non-hydrogen) atoms. The van der Waals surface area contributed by atoms with Crippen LogP contribution in [-0.2, 0) is 11.3 Å². The van der Waals surface area contributed by atoms with E-state index in [0.29, 0.717) is 33.9 Å². The first-order valence-electron chi connectivity index (χ1n) is 9.84. The second kappa shape index (κ2) is 7.65. The highest BCUT2D eigenvalue weighted by Crippen LogP contribution is 2.35. The maximum absolute atomic E-state index is 13.4. The van der Waals surface area contributed by atoms with E-state index in [0.717, 1.165) is 11.1 Å². The lowest BCUT2D eigenvalue weighted by Gasteiger charge is -2.29. The number of benzene rings is 3. The van der Waals surface area contributed by atoms with Gasteiger partial charge in [-0.05, 0) is 53.1 Å². The molecule has 0 saturated heterocycles. The third-order valence-corrected chi connectivity index (χ3v) is 5.35. The number of carbonyl (C=O) groups excluding carboxylic acids is 2. The van der Waals surface area contributed by atoms with Crippen LogP contribution in [0.2, 0.25) is 0 Å². The van der Waals surface area contributed by atoms with Crippen LogP contribution >= 0.6 is 0 Å². The molecule has 0 N–H and O–H groups in total. The first-order chi connectivity index (χ1) is 15.1. The summed E-state index contributed by atoms with van der Waals surface area (Å²) < 4.78 is 16.1. The van der Waals surface area contributed by atoms with E-state index in [-0.39, 0.29) is 25.2 Å². The van der Waals surface area contributed by atoms with E-state index in [4.69, 9.17) is 14.2 Å². The van der Waals surface area contributed by atoms with Gasteiger partial charge < -0.3 is 14.2 Å². The zero-order chi connectivity index (χ0) is 21.4. The molecule has 2 aliphatic rings. The van der Waals surface area contributed by atoms with Crippen molar-refractivity contribution in [2.24, 2.45) is 0 Å². The summed E-state index contributed by atoms with van der Waals surface area (Å²) in [7, 11) is 1.60. The maximum atomic E-state index is 13.4. The molecule has 0 radical (unpaired) electrons. The number of imide groups is 1. The van der Waals surface area contributed by atoms with Gasteiger partial charge >= 0.3 is 0 Å². The number of ether oxygens (including phenoxy) is 3. The smallest absolute Gasteiger partial charge is 0.261 e. The summed E-state index contributed by atoms with van der Waals surface area (Å²) in [6.45, 7) is 0.305. The van der Waals surface area contributed by atoms with E-state index in [1.165, 1.54) is 4.90 Å². The van der Waals surface area contributed by atoms with Crippen molar-refractivity contribution in [3.05, 3.63) is 89.0 Å². The molecule has 6 nitrogen and oxygen atoms in total. The van der Waals surface area contributed by atoms with Gasteiger partial charge in [0.2, 0.25) is 6.79 Å². The molecule has 0 atom stereocenters. The van der Waals surface area contributed by atoms with Crippen LogP contribution in [0.3, 0.4) is 0 Å². The SMILES string of the molecule is COc1cccc(/C=C2/C(=O)N(Cc3ccc4c(c3)OCO4)C(=O)c3ccccc32)c1. The van der Waals surface area contributed by atoms with Crippen LogP contribution in [0.15, 0.2) is 66.7 Å². The number of rotatable bonds is 4. The van der Waals surface area contributed by atoms with Gasteiger partial charge in [0.05, 0.1) is 13.7 Å². The number of fused-ring (bicyclic) bond motifs is 2. The van der Waals surface area contributed by atoms with Crippen molar-refractivity contribution in [3.63, 3.8) is 0 Å². The Morgan fingerprint density at radius 2 is 1.71 bits per heavy atom. The standard InChI is InChI=1S/C25H19NO5/c1-29-18-6-4-5-16(11-18)12-21-19-7-2-3-8-20(19)24(27)26(25(21)28)14-17-9-10-22-23(13-17)31-15-30-22/h2-13H,14-15H2,1H3/b21-12+. The van der Waals surface area contributed by atoms with Crippen LogP contribution in [0.1, 0.15) is 27.0 Å². The Balaban J connectivity index is 1.55. The second-order valence-corrected chi connectivity index (χ2v) is 7.26. The van der Waals surface area contributed by atoms with Crippen molar-refractivity contribution < 1.29 is 23.8 Å². The van der Waals surface area contributed by atoms with Gasteiger partial charge in [-0.15, -0.1) is 0 Å². The lowest BCUT2D eigenvalue weighted by molar-refractivity contribution is -0.123. The zero-order valence-electron chi connectivity index (χ0n) is 16.8. The molecular weight excluding hydrogens is 394 g/mol. The number of hydrogen-bond acceptors (Lipinski definition) is 5. The Kier molecular flexibility index (Phi) is 4.67. The highest BCUT2D eigenvalue weighted by Gasteiger charge is 2.34. The van der Waals surface area contributed by atoms with Crippen LogP contribution in [0.4, 0.5) is 0 Å². The fraction of sp³-hybridized carbons (Fsp3) is 0.120. The summed E-state index contributed by atoms with van der Waals surface area (Å²) in [5.41, 5.74) is 3.18. The van der Waals surface area contributed by atoms with Crippen molar-refractivity contribution in [3.8, 4) is 17.2 Å². The van der Waals surface area contributed by atoms with Crippen molar-refractivity contribution in [2.75, 3.05) is 13.9 Å². The van der Waals surface area contributed by atoms with E-state index in [1.807, 2.05) is 36.4 Å². The molecule has 154 valence electrons. The van der Waals surface area contributed by atoms with Gasteiger partial charge in [0.15, 0.2) is 11.5 Å².